The van der Waals surface area contributed by atoms with Gasteiger partial charge in [-0.3, -0.25) is 9.59 Å². The number of carbonyl (C=O) groups is 2. The van der Waals surface area contributed by atoms with Crippen molar-refractivity contribution in [2.75, 3.05) is 18.0 Å². The van der Waals surface area contributed by atoms with Crippen LogP contribution in [0.3, 0.4) is 0 Å². The number of fused-ring (bicyclic) bond motifs is 1. The Morgan fingerprint density at radius 2 is 1.75 bits per heavy atom. The Bertz CT molecular complexity index is 579. The smallest absolute Gasteiger partial charge is 0.299 e. The van der Waals surface area contributed by atoms with Gasteiger partial charge in [-0.25, -0.2) is 8.78 Å². The molecule has 1 aromatic rings. The number of rotatable bonds is 3. The van der Waals surface area contributed by atoms with Gasteiger partial charge in [0.2, 0.25) is 0 Å². The Morgan fingerprint density at radius 3 is 2.35 bits per heavy atom. The summed E-state index contributed by atoms with van der Waals surface area (Å²) in [4.78, 5) is 24.8. The molecule has 0 aromatic heterocycles. The molecular weight excluding hydrogens is 266 g/mol. The maximum atomic E-state index is 13.3. The van der Waals surface area contributed by atoms with Crippen LogP contribution < -0.4 is 10.2 Å². The van der Waals surface area contributed by atoms with Gasteiger partial charge in [0.1, 0.15) is 0 Å². The number of anilines is 1. The Hall–Kier alpha value is -1.82. The number of ketones is 1. The summed E-state index contributed by atoms with van der Waals surface area (Å²) in [5.41, 5.74) is -0.0804. The lowest BCUT2D eigenvalue weighted by Gasteiger charge is -2.23. The Kier molecular flexibility index (Phi) is 3.60. The summed E-state index contributed by atoms with van der Waals surface area (Å²) in [5, 5.41) is 3.17. The number of hydrogen-bond donors (Lipinski definition) is 1. The minimum atomic E-state index is -1.13. The molecule has 0 saturated heterocycles. The molecule has 2 rings (SSSR count). The molecule has 0 atom stereocenters. The van der Waals surface area contributed by atoms with Gasteiger partial charge in [-0.1, -0.05) is 0 Å². The quantitative estimate of drug-likeness (QED) is 0.861. The Balaban J connectivity index is 2.22. The Labute approximate surface area is 115 Å². The molecule has 0 fully saturated rings. The second kappa shape index (κ2) is 4.94. The van der Waals surface area contributed by atoms with Crippen LogP contribution in [0.1, 0.15) is 31.1 Å². The van der Waals surface area contributed by atoms with E-state index in [9.17, 15) is 18.4 Å². The van der Waals surface area contributed by atoms with E-state index in [1.807, 2.05) is 20.8 Å². The number of halogens is 2. The van der Waals surface area contributed by atoms with Crippen molar-refractivity contribution in [1.29, 1.82) is 0 Å². The van der Waals surface area contributed by atoms with Gasteiger partial charge in [0.05, 0.1) is 11.3 Å². The number of Topliss-reactive ketones (excluding diaryl/α,β-unsaturated/α-hetero) is 1. The van der Waals surface area contributed by atoms with Crippen LogP contribution in [0.4, 0.5) is 14.5 Å². The monoisotopic (exact) mass is 282 g/mol. The third-order valence-corrected chi connectivity index (χ3v) is 3.00. The third kappa shape index (κ3) is 2.70. The molecule has 4 nitrogen and oxygen atoms in total. The molecule has 6 heteroatoms. The SMILES string of the molecule is CC(C)(C)NCCN1C(=O)C(=O)c2cc(F)c(F)cc21. The first-order valence-electron chi connectivity index (χ1n) is 6.31. The molecule has 1 amide bonds. The fraction of sp³-hybridized carbons (Fsp3) is 0.429. The van der Waals surface area contributed by atoms with Crippen molar-refractivity contribution in [3.63, 3.8) is 0 Å². The minimum Gasteiger partial charge on any atom is -0.310 e. The first-order valence-corrected chi connectivity index (χ1v) is 6.31. The second-order valence-electron chi connectivity index (χ2n) is 5.75. The van der Waals surface area contributed by atoms with E-state index in [0.29, 0.717) is 6.54 Å². The van der Waals surface area contributed by atoms with Crippen molar-refractivity contribution < 1.29 is 18.4 Å². The summed E-state index contributed by atoms with van der Waals surface area (Å²) in [6, 6.07) is 1.67. The molecule has 108 valence electrons. The summed E-state index contributed by atoms with van der Waals surface area (Å²) >= 11 is 0. The van der Waals surface area contributed by atoms with E-state index < -0.39 is 23.3 Å². The largest absolute Gasteiger partial charge is 0.310 e. The molecule has 0 aliphatic carbocycles. The van der Waals surface area contributed by atoms with E-state index in [4.69, 9.17) is 0 Å². The molecule has 0 unspecified atom stereocenters. The van der Waals surface area contributed by atoms with E-state index in [2.05, 4.69) is 5.32 Å². The minimum absolute atomic E-state index is 0.0790. The summed E-state index contributed by atoms with van der Waals surface area (Å²) < 4.78 is 26.4. The fourth-order valence-electron chi connectivity index (χ4n) is 2.05. The highest BCUT2D eigenvalue weighted by Crippen LogP contribution is 2.30. The average molecular weight is 282 g/mol. The van der Waals surface area contributed by atoms with Crippen molar-refractivity contribution in [3.8, 4) is 0 Å². The maximum absolute atomic E-state index is 13.3. The van der Waals surface area contributed by atoms with Crippen molar-refractivity contribution >= 4 is 17.4 Å². The summed E-state index contributed by atoms with van der Waals surface area (Å²) in [6.45, 7) is 6.56. The summed E-state index contributed by atoms with van der Waals surface area (Å²) in [6.07, 6.45) is 0. The van der Waals surface area contributed by atoms with Crippen LogP contribution in [-0.2, 0) is 4.79 Å². The number of carbonyl (C=O) groups excluding carboxylic acids is 2. The van der Waals surface area contributed by atoms with Crippen LogP contribution in [0.2, 0.25) is 0 Å². The van der Waals surface area contributed by atoms with E-state index in [-0.39, 0.29) is 23.3 Å². The van der Waals surface area contributed by atoms with E-state index in [1.165, 1.54) is 4.90 Å². The standard InChI is InChI=1S/C14H16F2N2O2/c1-14(2,3)17-4-5-18-11-7-10(16)9(15)6-8(11)12(19)13(18)20/h6-7,17H,4-5H2,1-3H3. The lowest BCUT2D eigenvalue weighted by atomic mass is 10.1. The number of nitrogens with zero attached hydrogens (tertiary/aromatic N) is 1. The van der Waals surface area contributed by atoms with Gasteiger partial charge >= 0.3 is 0 Å². The van der Waals surface area contributed by atoms with E-state index in [0.717, 1.165) is 12.1 Å². The van der Waals surface area contributed by atoms with Gasteiger partial charge in [0, 0.05) is 24.7 Å². The zero-order chi connectivity index (χ0) is 15.1. The van der Waals surface area contributed by atoms with Crippen LogP contribution in [-0.4, -0.2) is 30.3 Å². The van der Waals surface area contributed by atoms with Gasteiger partial charge in [-0.05, 0) is 26.8 Å². The maximum Gasteiger partial charge on any atom is 0.299 e. The van der Waals surface area contributed by atoms with Gasteiger partial charge in [-0.2, -0.15) is 0 Å². The number of nitrogens with one attached hydrogen (secondary N) is 1. The molecular formula is C14H16F2N2O2. The predicted molar refractivity (Wildman–Crippen MR) is 70.8 cm³/mol. The molecule has 1 aromatic carbocycles. The molecule has 1 aliphatic rings. The first-order chi connectivity index (χ1) is 9.20. The normalized spacial score (nSPS) is 14.9. The molecule has 0 spiro atoms. The highest BCUT2D eigenvalue weighted by atomic mass is 19.2. The molecule has 20 heavy (non-hydrogen) atoms. The lowest BCUT2D eigenvalue weighted by molar-refractivity contribution is -0.114. The number of benzene rings is 1. The highest BCUT2D eigenvalue weighted by molar-refractivity contribution is 6.52. The van der Waals surface area contributed by atoms with Crippen molar-refractivity contribution in [2.24, 2.45) is 0 Å². The fourth-order valence-corrected chi connectivity index (χ4v) is 2.05. The molecule has 0 radical (unpaired) electrons. The first kappa shape index (κ1) is 14.6. The predicted octanol–water partition coefficient (Wildman–Crippen LogP) is 1.88. The number of hydrogen-bond acceptors (Lipinski definition) is 3. The van der Waals surface area contributed by atoms with Crippen LogP contribution in [0.15, 0.2) is 12.1 Å². The molecule has 1 heterocycles. The van der Waals surface area contributed by atoms with Gasteiger partial charge in [-0.15, -0.1) is 0 Å². The van der Waals surface area contributed by atoms with Crippen molar-refractivity contribution in [2.45, 2.75) is 26.3 Å². The third-order valence-electron chi connectivity index (χ3n) is 3.00. The van der Waals surface area contributed by atoms with Gasteiger partial charge in [0.25, 0.3) is 11.7 Å². The molecule has 0 bridgehead atoms. The van der Waals surface area contributed by atoms with Gasteiger partial charge in [0.15, 0.2) is 11.6 Å². The van der Waals surface area contributed by atoms with Crippen molar-refractivity contribution in [1.82, 2.24) is 5.32 Å². The molecule has 1 N–H and O–H groups in total. The van der Waals surface area contributed by atoms with E-state index in [1.54, 1.807) is 0 Å². The topological polar surface area (TPSA) is 49.4 Å². The lowest BCUT2D eigenvalue weighted by Crippen LogP contribution is -2.42. The van der Waals surface area contributed by atoms with Gasteiger partial charge < -0.3 is 10.2 Å². The van der Waals surface area contributed by atoms with Crippen LogP contribution in [0.5, 0.6) is 0 Å². The Morgan fingerprint density at radius 1 is 1.15 bits per heavy atom. The molecule has 1 aliphatic heterocycles. The average Bonchev–Trinajstić information content (AvgIpc) is 2.54. The highest BCUT2D eigenvalue weighted by Gasteiger charge is 2.36. The van der Waals surface area contributed by atoms with Crippen LogP contribution in [0.25, 0.3) is 0 Å². The van der Waals surface area contributed by atoms with Crippen molar-refractivity contribution in [3.05, 3.63) is 29.3 Å². The summed E-state index contributed by atoms with van der Waals surface area (Å²) in [7, 11) is 0. The summed E-state index contributed by atoms with van der Waals surface area (Å²) in [5.74, 6) is -3.74. The number of amides is 1. The molecule has 0 saturated carbocycles. The van der Waals surface area contributed by atoms with Crippen LogP contribution in [0, 0.1) is 11.6 Å². The zero-order valence-electron chi connectivity index (χ0n) is 11.6. The zero-order valence-corrected chi connectivity index (χ0v) is 11.6. The van der Waals surface area contributed by atoms with Crippen LogP contribution >= 0.6 is 0 Å². The second-order valence-corrected chi connectivity index (χ2v) is 5.75. The van der Waals surface area contributed by atoms with E-state index >= 15 is 0 Å².